The fourth-order valence-corrected chi connectivity index (χ4v) is 3.30. The van der Waals surface area contributed by atoms with Crippen LogP contribution in [-0.2, 0) is 6.54 Å². The Hall–Kier alpha value is -1.93. The lowest BCUT2D eigenvalue weighted by Gasteiger charge is -2.16. The van der Waals surface area contributed by atoms with Crippen LogP contribution in [-0.4, -0.2) is 27.9 Å². The molecule has 2 rings (SSSR count). The number of nitrogens with zero attached hydrogens (tertiary/aromatic N) is 2. The van der Waals surface area contributed by atoms with E-state index in [0.717, 1.165) is 15.4 Å². The van der Waals surface area contributed by atoms with Crippen LogP contribution in [0.25, 0.3) is 0 Å². The van der Waals surface area contributed by atoms with Gasteiger partial charge in [0, 0.05) is 27.8 Å². The summed E-state index contributed by atoms with van der Waals surface area (Å²) in [5.41, 5.74) is -0.560. The minimum atomic E-state index is -0.720. The van der Waals surface area contributed by atoms with Gasteiger partial charge in [-0.15, -0.1) is 11.3 Å². The summed E-state index contributed by atoms with van der Waals surface area (Å²) in [5.74, 6) is -1.08. The van der Waals surface area contributed by atoms with Gasteiger partial charge in [-0.05, 0) is 28.1 Å². The molecule has 0 fully saturated rings. The molecular formula is C13H11BrN2O4S. The van der Waals surface area contributed by atoms with E-state index >= 15 is 0 Å². The second-order valence-corrected chi connectivity index (χ2v) is 6.23. The third-order valence-electron chi connectivity index (χ3n) is 2.80. The number of nitro groups is 1. The Morgan fingerprint density at radius 2 is 2.24 bits per heavy atom. The smallest absolute Gasteiger partial charge is 0.311 e. The zero-order valence-corrected chi connectivity index (χ0v) is 13.3. The van der Waals surface area contributed by atoms with Gasteiger partial charge < -0.3 is 10.0 Å². The van der Waals surface area contributed by atoms with Crippen LogP contribution in [0.4, 0.5) is 5.69 Å². The molecule has 0 saturated carbocycles. The fraction of sp³-hybridized carbons (Fsp3) is 0.154. The predicted octanol–water partition coefficient (Wildman–Crippen LogP) is 3.40. The molecule has 0 radical (unpaired) electrons. The monoisotopic (exact) mass is 370 g/mol. The summed E-state index contributed by atoms with van der Waals surface area (Å²) >= 11 is 4.82. The maximum absolute atomic E-state index is 12.3. The largest absolute Gasteiger partial charge is 0.502 e. The molecule has 0 saturated heterocycles. The van der Waals surface area contributed by atoms with Crippen molar-refractivity contribution in [3.05, 3.63) is 54.7 Å². The summed E-state index contributed by atoms with van der Waals surface area (Å²) in [6.45, 7) is 0.358. The molecule has 2 aromatic rings. The van der Waals surface area contributed by atoms with Gasteiger partial charge in [-0.3, -0.25) is 14.9 Å². The number of aromatic hydroxyl groups is 1. The summed E-state index contributed by atoms with van der Waals surface area (Å²) in [5, 5.41) is 22.5. The van der Waals surface area contributed by atoms with E-state index in [4.69, 9.17) is 0 Å². The van der Waals surface area contributed by atoms with Crippen LogP contribution in [0.3, 0.4) is 0 Å². The highest BCUT2D eigenvalue weighted by Gasteiger charge is 2.23. The lowest BCUT2D eigenvalue weighted by molar-refractivity contribution is -0.385. The second-order valence-electron chi connectivity index (χ2n) is 4.32. The van der Waals surface area contributed by atoms with Crippen molar-refractivity contribution in [3.63, 3.8) is 0 Å². The first-order valence-corrected chi connectivity index (χ1v) is 7.52. The van der Waals surface area contributed by atoms with Crippen LogP contribution >= 0.6 is 27.3 Å². The number of thiophene rings is 1. The van der Waals surface area contributed by atoms with E-state index in [0.29, 0.717) is 6.54 Å². The number of halogens is 1. The first-order valence-electron chi connectivity index (χ1n) is 5.85. The molecule has 110 valence electrons. The molecule has 8 heteroatoms. The molecule has 6 nitrogen and oxygen atoms in total. The van der Waals surface area contributed by atoms with Gasteiger partial charge in [0.05, 0.1) is 17.0 Å². The maximum Gasteiger partial charge on any atom is 0.311 e. The van der Waals surface area contributed by atoms with Crippen molar-refractivity contribution in [2.24, 2.45) is 0 Å². The van der Waals surface area contributed by atoms with E-state index < -0.39 is 22.3 Å². The molecule has 0 spiro atoms. The zero-order chi connectivity index (χ0) is 15.6. The summed E-state index contributed by atoms with van der Waals surface area (Å²) in [6.07, 6.45) is 0. The number of rotatable bonds is 4. The Balaban J connectivity index is 2.23. The number of para-hydroxylation sites is 1. The molecule has 0 atom stereocenters. The van der Waals surface area contributed by atoms with Crippen LogP contribution in [0, 0.1) is 10.1 Å². The Labute approximate surface area is 132 Å². The minimum absolute atomic E-state index is 0.0812. The lowest BCUT2D eigenvalue weighted by Crippen LogP contribution is -2.26. The highest BCUT2D eigenvalue weighted by molar-refractivity contribution is 9.10. The summed E-state index contributed by atoms with van der Waals surface area (Å²) in [4.78, 5) is 24.7. The highest BCUT2D eigenvalue weighted by atomic mass is 79.9. The molecule has 0 unspecified atom stereocenters. The third kappa shape index (κ3) is 3.40. The van der Waals surface area contributed by atoms with Crippen LogP contribution in [0.15, 0.2) is 34.1 Å². The fourth-order valence-electron chi connectivity index (χ4n) is 1.80. The molecule has 1 N–H and O–H groups in total. The Morgan fingerprint density at radius 1 is 1.52 bits per heavy atom. The van der Waals surface area contributed by atoms with E-state index in [9.17, 15) is 20.0 Å². The van der Waals surface area contributed by atoms with Gasteiger partial charge in [0.15, 0.2) is 0 Å². The van der Waals surface area contributed by atoms with Crippen molar-refractivity contribution >= 4 is 38.9 Å². The van der Waals surface area contributed by atoms with E-state index in [1.165, 1.54) is 28.4 Å². The maximum atomic E-state index is 12.3. The number of hydrogen-bond donors (Lipinski definition) is 1. The van der Waals surface area contributed by atoms with Gasteiger partial charge in [0.25, 0.3) is 5.91 Å². The van der Waals surface area contributed by atoms with Crippen LogP contribution in [0.1, 0.15) is 15.2 Å². The molecular weight excluding hydrogens is 360 g/mol. The Morgan fingerprint density at radius 3 is 2.81 bits per heavy atom. The van der Waals surface area contributed by atoms with Gasteiger partial charge in [0.2, 0.25) is 5.75 Å². The lowest BCUT2D eigenvalue weighted by atomic mass is 10.1. The minimum Gasteiger partial charge on any atom is -0.502 e. The standard InChI is InChI=1S/C13H11BrN2O4S/c1-15(6-9-5-8(14)7-21-9)13(18)10-3-2-4-11(12(10)17)16(19)20/h2-5,7,17H,6H2,1H3. The molecule has 0 aliphatic heterocycles. The summed E-state index contributed by atoms with van der Waals surface area (Å²) in [6, 6.07) is 5.79. The number of phenols is 1. The summed E-state index contributed by atoms with van der Waals surface area (Å²) < 4.78 is 0.932. The van der Waals surface area contributed by atoms with Gasteiger partial charge in [-0.2, -0.15) is 0 Å². The number of hydrogen-bond acceptors (Lipinski definition) is 5. The average molecular weight is 371 g/mol. The third-order valence-corrected chi connectivity index (χ3v) is 4.49. The van der Waals surface area contributed by atoms with Gasteiger partial charge >= 0.3 is 5.69 Å². The number of benzene rings is 1. The van der Waals surface area contributed by atoms with Gasteiger partial charge in [0.1, 0.15) is 0 Å². The van der Waals surface area contributed by atoms with E-state index in [-0.39, 0.29) is 5.56 Å². The molecule has 0 bridgehead atoms. The molecule has 1 aromatic carbocycles. The molecule has 1 amide bonds. The number of amides is 1. The first kappa shape index (κ1) is 15.5. The SMILES string of the molecule is CN(Cc1cc(Br)cs1)C(=O)c1cccc([N+](=O)[O-])c1O. The zero-order valence-electron chi connectivity index (χ0n) is 10.9. The first-order chi connectivity index (χ1) is 9.90. The van der Waals surface area contributed by atoms with Crippen LogP contribution in [0.2, 0.25) is 0 Å². The van der Waals surface area contributed by atoms with Crippen molar-refractivity contribution < 1.29 is 14.8 Å². The van der Waals surface area contributed by atoms with Gasteiger partial charge in [-0.1, -0.05) is 6.07 Å². The van der Waals surface area contributed by atoms with E-state index in [1.807, 2.05) is 11.4 Å². The molecule has 1 heterocycles. The second kappa shape index (κ2) is 6.23. The van der Waals surface area contributed by atoms with Crippen molar-refractivity contribution in [2.45, 2.75) is 6.54 Å². The van der Waals surface area contributed by atoms with Gasteiger partial charge in [-0.25, -0.2) is 0 Å². The highest BCUT2D eigenvalue weighted by Crippen LogP contribution is 2.30. The normalized spacial score (nSPS) is 10.4. The van der Waals surface area contributed by atoms with Crippen molar-refractivity contribution in [3.8, 4) is 5.75 Å². The number of carbonyl (C=O) groups excluding carboxylic acids is 1. The number of phenolic OH excluding ortho intramolecular Hbond substituents is 1. The molecule has 21 heavy (non-hydrogen) atoms. The summed E-state index contributed by atoms with van der Waals surface area (Å²) in [7, 11) is 1.58. The average Bonchev–Trinajstić information content (AvgIpc) is 2.83. The van der Waals surface area contributed by atoms with E-state index in [2.05, 4.69) is 15.9 Å². The van der Waals surface area contributed by atoms with Crippen molar-refractivity contribution in [1.29, 1.82) is 0 Å². The number of carbonyl (C=O) groups is 1. The molecule has 0 aliphatic carbocycles. The topological polar surface area (TPSA) is 83.7 Å². The van der Waals surface area contributed by atoms with Crippen LogP contribution < -0.4 is 0 Å². The Kier molecular flexibility index (Phi) is 4.59. The van der Waals surface area contributed by atoms with Crippen molar-refractivity contribution in [1.82, 2.24) is 4.90 Å². The van der Waals surface area contributed by atoms with E-state index in [1.54, 1.807) is 7.05 Å². The van der Waals surface area contributed by atoms with Crippen molar-refractivity contribution in [2.75, 3.05) is 7.05 Å². The predicted molar refractivity (Wildman–Crippen MR) is 82.6 cm³/mol. The van der Waals surface area contributed by atoms with Crippen LogP contribution in [0.5, 0.6) is 5.75 Å². The number of nitro benzene ring substituents is 1. The Bertz CT molecular complexity index is 701. The quantitative estimate of drug-likeness (QED) is 0.660. The molecule has 1 aromatic heterocycles. The molecule has 0 aliphatic rings.